The highest BCUT2D eigenvalue weighted by Crippen LogP contribution is 2.32. The molecule has 0 atom stereocenters. The van der Waals surface area contributed by atoms with E-state index in [-0.39, 0.29) is 46.6 Å². The molecule has 162 valence electrons. The molecule has 0 unspecified atom stereocenters. The fourth-order valence-corrected chi connectivity index (χ4v) is 5.40. The average molecular weight is 481 g/mol. The molecule has 0 aliphatic carbocycles. The summed E-state index contributed by atoms with van der Waals surface area (Å²) in [7, 11) is -3.88. The Morgan fingerprint density at radius 3 is 2.37 bits per heavy atom. The second-order valence-corrected chi connectivity index (χ2v) is 9.57. The second-order valence-electron chi connectivity index (χ2n) is 6.82. The van der Waals surface area contributed by atoms with Crippen molar-refractivity contribution in [1.82, 2.24) is 4.31 Å². The molecule has 3 rings (SSSR count). The minimum atomic E-state index is -4.51. The van der Waals surface area contributed by atoms with Gasteiger partial charge in [-0.2, -0.15) is 17.5 Å². The summed E-state index contributed by atoms with van der Waals surface area (Å²) in [5, 5.41) is 2.76. The van der Waals surface area contributed by atoms with Crippen molar-refractivity contribution in [2.75, 3.05) is 18.4 Å². The van der Waals surface area contributed by atoms with Crippen LogP contribution in [-0.4, -0.2) is 31.7 Å². The van der Waals surface area contributed by atoms with Gasteiger partial charge in [-0.3, -0.25) is 4.79 Å². The number of carbonyl (C=O) groups excluding carboxylic acids is 1. The molecule has 5 nitrogen and oxygen atoms in total. The third-order valence-electron chi connectivity index (χ3n) is 4.79. The Morgan fingerprint density at radius 1 is 1.07 bits per heavy atom. The van der Waals surface area contributed by atoms with Gasteiger partial charge in [-0.1, -0.05) is 29.3 Å². The Morgan fingerprint density at radius 2 is 1.73 bits per heavy atom. The Hall–Kier alpha value is -1.81. The summed E-state index contributed by atoms with van der Waals surface area (Å²) in [5.74, 6) is -0.979. The number of alkyl halides is 3. The van der Waals surface area contributed by atoms with Crippen LogP contribution in [0.1, 0.15) is 18.4 Å². The molecule has 1 saturated heterocycles. The van der Waals surface area contributed by atoms with Crippen molar-refractivity contribution in [3.8, 4) is 0 Å². The topological polar surface area (TPSA) is 66.5 Å². The first-order valence-electron chi connectivity index (χ1n) is 8.92. The highest BCUT2D eigenvalue weighted by Gasteiger charge is 2.34. The van der Waals surface area contributed by atoms with Gasteiger partial charge in [0.25, 0.3) is 0 Å². The van der Waals surface area contributed by atoms with Crippen LogP contribution < -0.4 is 5.32 Å². The van der Waals surface area contributed by atoms with E-state index in [1.54, 1.807) is 0 Å². The number of nitrogens with one attached hydrogen (secondary N) is 1. The summed E-state index contributed by atoms with van der Waals surface area (Å²) in [5.41, 5.74) is -0.824. The maximum Gasteiger partial charge on any atom is 0.416 e. The van der Waals surface area contributed by atoms with Gasteiger partial charge in [0.15, 0.2) is 0 Å². The number of anilines is 1. The molecular formula is C19H17Cl2F3N2O3S. The van der Waals surface area contributed by atoms with Crippen molar-refractivity contribution in [1.29, 1.82) is 0 Å². The van der Waals surface area contributed by atoms with Gasteiger partial charge in [-0.25, -0.2) is 8.42 Å². The largest absolute Gasteiger partial charge is 0.416 e. The SMILES string of the molecule is O=C(Nc1cccc(C(F)(F)F)c1)C1CCN(S(=O)(=O)c2cc(Cl)ccc2Cl)CC1. The van der Waals surface area contributed by atoms with Gasteiger partial charge in [0.05, 0.1) is 10.6 Å². The lowest BCUT2D eigenvalue weighted by molar-refractivity contribution is -0.137. The van der Waals surface area contributed by atoms with Crippen molar-refractivity contribution in [2.45, 2.75) is 23.9 Å². The molecule has 1 aliphatic rings. The number of rotatable bonds is 4. The zero-order valence-electron chi connectivity index (χ0n) is 15.4. The van der Waals surface area contributed by atoms with Crippen LogP contribution in [-0.2, 0) is 21.0 Å². The van der Waals surface area contributed by atoms with E-state index in [4.69, 9.17) is 23.2 Å². The monoisotopic (exact) mass is 480 g/mol. The summed E-state index contributed by atoms with van der Waals surface area (Å²) >= 11 is 11.9. The van der Waals surface area contributed by atoms with Crippen LogP contribution in [0.3, 0.4) is 0 Å². The lowest BCUT2D eigenvalue weighted by atomic mass is 9.97. The number of nitrogens with zero attached hydrogens (tertiary/aromatic N) is 1. The normalized spacial score (nSPS) is 16.4. The van der Waals surface area contributed by atoms with Crippen molar-refractivity contribution >= 4 is 44.8 Å². The van der Waals surface area contributed by atoms with Gasteiger partial charge < -0.3 is 5.32 Å². The maximum atomic E-state index is 12.8. The minimum absolute atomic E-state index is 0.0376. The van der Waals surface area contributed by atoms with Crippen molar-refractivity contribution in [2.24, 2.45) is 5.92 Å². The molecule has 0 aromatic heterocycles. The van der Waals surface area contributed by atoms with Gasteiger partial charge in [0.1, 0.15) is 4.90 Å². The lowest BCUT2D eigenvalue weighted by Gasteiger charge is -2.30. The van der Waals surface area contributed by atoms with E-state index in [1.807, 2.05) is 0 Å². The fourth-order valence-electron chi connectivity index (χ4n) is 3.19. The zero-order chi connectivity index (χ0) is 22.1. The molecule has 30 heavy (non-hydrogen) atoms. The molecule has 2 aromatic rings. The molecule has 1 heterocycles. The smallest absolute Gasteiger partial charge is 0.326 e. The molecule has 0 spiro atoms. The second kappa shape index (κ2) is 8.74. The summed E-state index contributed by atoms with van der Waals surface area (Å²) in [4.78, 5) is 12.3. The highest BCUT2D eigenvalue weighted by atomic mass is 35.5. The van der Waals surface area contributed by atoms with E-state index >= 15 is 0 Å². The van der Waals surface area contributed by atoms with Crippen molar-refractivity contribution < 1.29 is 26.4 Å². The molecule has 0 bridgehead atoms. The molecule has 1 amide bonds. The number of benzene rings is 2. The summed E-state index contributed by atoms with van der Waals surface area (Å²) in [6, 6.07) is 8.50. The van der Waals surface area contributed by atoms with E-state index in [2.05, 4.69) is 5.32 Å². The highest BCUT2D eigenvalue weighted by molar-refractivity contribution is 7.89. The zero-order valence-corrected chi connectivity index (χ0v) is 17.7. The number of amides is 1. The first-order valence-corrected chi connectivity index (χ1v) is 11.1. The molecular weight excluding hydrogens is 464 g/mol. The third kappa shape index (κ3) is 5.08. The first kappa shape index (κ1) is 22.9. The molecule has 0 radical (unpaired) electrons. The molecule has 1 N–H and O–H groups in total. The maximum absolute atomic E-state index is 12.8. The van der Waals surface area contributed by atoms with Gasteiger partial charge in [-0.15, -0.1) is 0 Å². The Labute approximate surface area is 181 Å². The van der Waals surface area contributed by atoms with E-state index in [0.717, 1.165) is 12.1 Å². The Balaban J connectivity index is 1.65. The average Bonchev–Trinajstić information content (AvgIpc) is 2.69. The molecule has 0 saturated carbocycles. The van der Waals surface area contributed by atoms with E-state index in [0.29, 0.717) is 0 Å². The quantitative estimate of drug-likeness (QED) is 0.665. The number of piperidine rings is 1. The van der Waals surface area contributed by atoms with E-state index in [1.165, 1.54) is 34.6 Å². The molecule has 2 aromatic carbocycles. The van der Waals surface area contributed by atoms with Crippen LogP contribution >= 0.6 is 23.2 Å². The lowest BCUT2D eigenvalue weighted by Crippen LogP contribution is -2.41. The predicted molar refractivity (Wildman–Crippen MR) is 108 cm³/mol. The Bertz CT molecular complexity index is 1050. The number of sulfonamides is 1. The first-order chi connectivity index (χ1) is 14.0. The standard InChI is InChI=1S/C19H17Cl2F3N2O3S/c20-14-4-5-16(21)17(11-14)30(28,29)26-8-6-12(7-9-26)18(27)25-15-3-1-2-13(10-15)19(22,23)24/h1-5,10-12H,6-9H2,(H,25,27). The van der Waals surface area contributed by atoms with Crippen molar-refractivity contribution in [3.63, 3.8) is 0 Å². The molecule has 1 aliphatic heterocycles. The number of halogens is 5. The van der Waals surface area contributed by atoms with Crippen LogP contribution in [0.25, 0.3) is 0 Å². The van der Waals surface area contributed by atoms with Crippen molar-refractivity contribution in [3.05, 3.63) is 58.1 Å². The molecule has 11 heteroatoms. The summed E-state index contributed by atoms with van der Waals surface area (Å²) in [6.07, 6.45) is -4.06. The van der Waals surface area contributed by atoms with Gasteiger partial charge in [0.2, 0.25) is 15.9 Å². The predicted octanol–water partition coefficient (Wildman–Crippen LogP) is 5.05. The van der Waals surface area contributed by atoms with Crippen LogP contribution in [0.2, 0.25) is 10.0 Å². The van der Waals surface area contributed by atoms with Crippen LogP contribution in [0.4, 0.5) is 18.9 Å². The number of carbonyl (C=O) groups is 1. The van der Waals surface area contributed by atoms with Gasteiger partial charge >= 0.3 is 6.18 Å². The van der Waals surface area contributed by atoms with Crippen LogP contribution in [0, 0.1) is 5.92 Å². The van der Waals surface area contributed by atoms with E-state index in [9.17, 15) is 26.4 Å². The van der Waals surface area contributed by atoms with Crippen LogP contribution in [0.5, 0.6) is 0 Å². The van der Waals surface area contributed by atoms with E-state index < -0.39 is 33.6 Å². The van der Waals surface area contributed by atoms with Gasteiger partial charge in [0, 0.05) is 29.7 Å². The molecule has 1 fully saturated rings. The summed E-state index contributed by atoms with van der Waals surface area (Å²) < 4.78 is 65.3. The third-order valence-corrected chi connectivity index (χ3v) is 7.41. The fraction of sp³-hybridized carbons (Fsp3) is 0.316. The van der Waals surface area contributed by atoms with Crippen LogP contribution in [0.15, 0.2) is 47.4 Å². The van der Waals surface area contributed by atoms with Gasteiger partial charge in [-0.05, 0) is 49.2 Å². The Kier molecular flexibility index (Phi) is 6.66. The number of hydrogen-bond donors (Lipinski definition) is 1. The minimum Gasteiger partial charge on any atom is -0.326 e. The number of hydrogen-bond acceptors (Lipinski definition) is 3. The summed E-state index contributed by atoms with van der Waals surface area (Å²) in [6.45, 7) is 0.151.